The van der Waals surface area contributed by atoms with Crippen LogP contribution in [0, 0.1) is 6.92 Å². The van der Waals surface area contributed by atoms with Crippen molar-refractivity contribution in [1.82, 2.24) is 15.2 Å². The monoisotopic (exact) mass is 284 g/mol. The van der Waals surface area contributed by atoms with Crippen molar-refractivity contribution in [2.75, 3.05) is 27.7 Å². The maximum Gasteiger partial charge on any atom is 0.275 e. The van der Waals surface area contributed by atoms with E-state index >= 15 is 0 Å². The van der Waals surface area contributed by atoms with Crippen molar-refractivity contribution in [3.8, 4) is 0 Å². The zero-order valence-corrected chi connectivity index (χ0v) is 12.5. The molecule has 0 aliphatic heterocycles. The quantitative estimate of drug-likeness (QED) is 0.459. The van der Waals surface area contributed by atoms with Crippen molar-refractivity contribution in [3.63, 3.8) is 0 Å². The highest BCUT2D eigenvalue weighted by atomic mass is 32.1. The standard InChI is InChI=1S/C12H20N4O2S/c1-8-9(5-10(19-8)12(18)14-13)6-16(4)7-11(17)15(2)3/h5H,6-7,13H2,1-4H3,(H,14,18). The topological polar surface area (TPSA) is 78.7 Å². The number of thiophene rings is 1. The Hall–Kier alpha value is -1.44. The molecular formula is C12H20N4O2S. The highest BCUT2D eigenvalue weighted by molar-refractivity contribution is 7.14. The summed E-state index contributed by atoms with van der Waals surface area (Å²) in [6, 6.07) is 1.82. The Balaban J connectivity index is 2.69. The van der Waals surface area contributed by atoms with Crippen molar-refractivity contribution < 1.29 is 9.59 Å². The average molecular weight is 284 g/mol. The number of hydrogen-bond donors (Lipinski definition) is 2. The molecule has 106 valence electrons. The van der Waals surface area contributed by atoms with Gasteiger partial charge in [-0.25, -0.2) is 5.84 Å². The lowest BCUT2D eigenvalue weighted by atomic mass is 10.2. The van der Waals surface area contributed by atoms with Gasteiger partial charge in [-0.1, -0.05) is 0 Å². The lowest BCUT2D eigenvalue weighted by molar-refractivity contribution is -0.129. The molecule has 0 aliphatic rings. The number of aryl methyl sites for hydroxylation is 1. The minimum Gasteiger partial charge on any atom is -0.348 e. The molecule has 6 nitrogen and oxygen atoms in total. The molecule has 1 heterocycles. The maximum absolute atomic E-state index is 11.6. The van der Waals surface area contributed by atoms with Crippen LogP contribution in [0.25, 0.3) is 0 Å². The van der Waals surface area contributed by atoms with Crippen LogP contribution in [0.2, 0.25) is 0 Å². The Morgan fingerprint density at radius 2 is 2.00 bits per heavy atom. The van der Waals surface area contributed by atoms with Gasteiger partial charge in [0, 0.05) is 25.5 Å². The molecule has 0 aliphatic carbocycles. The first kappa shape index (κ1) is 15.6. The smallest absolute Gasteiger partial charge is 0.275 e. The van der Waals surface area contributed by atoms with E-state index in [1.54, 1.807) is 19.0 Å². The first-order valence-electron chi connectivity index (χ1n) is 5.84. The van der Waals surface area contributed by atoms with E-state index in [0.29, 0.717) is 18.0 Å². The van der Waals surface area contributed by atoms with Crippen LogP contribution < -0.4 is 11.3 Å². The molecule has 0 spiro atoms. The van der Waals surface area contributed by atoms with Gasteiger partial charge in [0.2, 0.25) is 5.91 Å². The SMILES string of the molecule is Cc1sc(C(=O)NN)cc1CN(C)CC(=O)N(C)C. The Morgan fingerprint density at radius 1 is 1.37 bits per heavy atom. The predicted octanol–water partition coefficient (Wildman–Crippen LogP) is 0.180. The molecule has 0 saturated carbocycles. The van der Waals surface area contributed by atoms with E-state index in [-0.39, 0.29) is 11.8 Å². The third kappa shape index (κ3) is 4.30. The third-order valence-electron chi connectivity index (χ3n) is 2.72. The van der Waals surface area contributed by atoms with Crippen molar-refractivity contribution in [3.05, 3.63) is 21.4 Å². The molecule has 0 fully saturated rings. The van der Waals surface area contributed by atoms with Crippen LogP contribution >= 0.6 is 11.3 Å². The second kappa shape index (κ2) is 6.65. The number of rotatable bonds is 5. The number of hydrogen-bond acceptors (Lipinski definition) is 5. The largest absolute Gasteiger partial charge is 0.348 e. The number of carbonyl (C=O) groups is 2. The van der Waals surface area contributed by atoms with E-state index in [0.717, 1.165) is 10.4 Å². The zero-order chi connectivity index (χ0) is 14.6. The molecule has 1 aromatic rings. The first-order chi connectivity index (χ1) is 8.85. The van der Waals surface area contributed by atoms with Crippen molar-refractivity contribution in [2.45, 2.75) is 13.5 Å². The predicted molar refractivity (Wildman–Crippen MR) is 75.7 cm³/mol. The molecule has 1 aromatic heterocycles. The molecule has 0 aromatic carbocycles. The van der Waals surface area contributed by atoms with E-state index < -0.39 is 0 Å². The van der Waals surface area contributed by atoms with Gasteiger partial charge in [-0.05, 0) is 25.6 Å². The molecule has 1 rings (SSSR count). The first-order valence-corrected chi connectivity index (χ1v) is 6.65. The summed E-state index contributed by atoms with van der Waals surface area (Å²) in [5.41, 5.74) is 3.16. The summed E-state index contributed by atoms with van der Waals surface area (Å²) in [7, 11) is 5.34. The summed E-state index contributed by atoms with van der Waals surface area (Å²) in [5.74, 6) is 4.88. The molecule has 0 saturated heterocycles. The number of nitrogens with one attached hydrogen (secondary N) is 1. The number of nitrogens with two attached hydrogens (primary N) is 1. The van der Waals surface area contributed by atoms with Gasteiger partial charge in [0.25, 0.3) is 5.91 Å². The van der Waals surface area contributed by atoms with Crippen LogP contribution in [0.15, 0.2) is 6.07 Å². The van der Waals surface area contributed by atoms with Gasteiger partial charge in [0.05, 0.1) is 11.4 Å². The lowest BCUT2D eigenvalue weighted by Crippen LogP contribution is -2.34. The Kier molecular flexibility index (Phi) is 5.46. The van der Waals surface area contributed by atoms with Crippen LogP contribution in [0.4, 0.5) is 0 Å². The van der Waals surface area contributed by atoms with E-state index in [9.17, 15) is 9.59 Å². The van der Waals surface area contributed by atoms with Crippen LogP contribution in [0.3, 0.4) is 0 Å². The van der Waals surface area contributed by atoms with Gasteiger partial charge < -0.3 is 4.90 Å². The highest BCUT2D eigenvalue weighted by Crippen LogP contribution is 2.22. The Morgan fingerprint density at radius 3 is 2.53 bits per heavy atom. The maximum atomic E-state index is 11.6. The van der Waals surface area contributed by atoms with E-state index in [4.69, 9.17) is 5.84 Å². The highest BCUT2D eigenvalue weighted by Gasteiger charge is 2.14. The molecule has 19 heavy (non-hydrogen) atoms. The van der Waals surface area contributed by atoms with Crippen molar-refractivity contribution in [2.24, 2.45) is 5.84 Å². The van der Waals surface area contributed by atoms with Gasteiger partial charge in [0.15, 0.2) is 0 Å². The molecular weight excluding hydrogens is 264 g/mol. The molecule has 3 N–H and O–H groups in total. The normalized spacial score (nSPS) is 10.6. The fourth-order valence-corrected chi connectivity index (χ4v) is 2.52. The molecule has 0 bridgehead atoms. The van der Waals surface area contributed by atoms with Crippen LogP contribution in [-0.2, 0) is 11.3 Å². The van der Waals surface area contributed by atoms with Gasteiger partial charge >= 0.3 is 0 Å². The van der Waals surface area contributed by atoms with Crippen molar-refractivity contribution in [1.29, 1.82) is 0 Å². The number of likely N-dealkylation sites (N-methyl/N-ethyl adjacent to an activating group) is 2. The van der Waals surface area contributed by atoms with Crippen LogP contribution in [0.5, 0.6) is 0 Å². The van der Waals surface area contributed by atoms with E-state index in [2.05, 4.69) is 5.43 Å². The van der Waals surface area contributed by atoms with Crippen LogP contribution in [0.1, 0.15) is 20.1 Å². The summed E-state index contributed by atoms with van der Waals surface area (Å²) in [4.78, 5) is 28.1. The van der Waals surface area contributed by atoms with E-state index in [1.807, 2.05) is 24.9 Å². The summed E-state index contributed by atoms with van der Waals surface area (Å²) in [6.07, 6.45) is 0. The zero-order valence-electron chi connectivity index (χ0n) is 11.7. The number of hydrazine groups is 1. The van der Waals surface area contributed by atoms with Crippen molar-refractivity contribution >= 4 is 23.2 Å². The van der Waals surface area contributed by atoms with E-state index in [1.165, 1.54) is 11.3 Å². The Bertz CT molecular complexity index is 470. The molecule has 2 amide bonds. The number of carbonyl (C=O) groups excluding carboxylic acids is 2. The number of nitrogen functional groups attached to an aromatic ring is 1. The summed E-state index contributed by atoms with van der Waals surface area (Å²) in [6.45, 7) is 2.93. The van der Waals surface area contributed by atoms with Gasteiger partial charge in [-0.3, -0.25) is 19.9 Å². The Labute approximate surface area is 117 Å². The third-order valence-corrected chi connectivity index (χ3v) is 3.81. The van der Waals surface area contributed by atoms with Gasteiger partial charge in [0.1, 0.15) is 0 Å². The molecule has 0 radical (unpaired) electrons. The minimum absolute atomic E-state index is 0.0512. The van der Waals surface area contributed by atoms with Gasteiger partial charge in [-0.2, -0.15) is 0 Å². The summed E-state index contributed by atoms with van der Waals surface area (Å²) >= 11 is 1.40. The second-order valence-electron chi connectivity index (χ2n) is 4.63. The summed E-state index contributed by atoms with van der Waals surface area (Å²) in [5, 5.41) is 0. The minimum atomic E-state index is -0.286. The molecule has 0 atom stereocenters. The van der Waals surface area contributed by atoms with Crippen LogP contribution in [-0.4, -0.2) is 49.3 Å². The number of nitrogens with zero attached hydrogens (tertiary/aromatic N) is 2. The van der Waals surface area contributed by atoms with Gasteiger partial charge in [-0.15, -0.1) is 11.3 Å². The second-order valence-corrected chi connectivity index (χ2v) is 5.88. The summed E-state index contributed by atoms with van der Waals surface area (Å²) < 4.78 is 0. The average Bonchev–Trinajstić information content (AvgIpc) is 2.69. The molecule has 0 unspecified atom stereocenters. The molecule has 7 heteroatoms. The fraction of sp³-hybridized carbons (Fsp3) is 0.500. The number of amides is 2. The lowest BCUT2D eigenvalue weighted by Gasteiger charge is -2.18. The fourth-order valence-electron chi connectivity index (χ4n) is 1.58.